The topological polar surface area (TPSA) is 93.7 Å². The molecule has 1 amide bonds. The number of carbonyl (C=O) groups excluding carboxylic acids is 1. The van der Waals surface area contributed by atoms with Crippen molar-refractivity contribution in [2.75, 3.05) is 14.2 Å². The van der Waals surface area contributed by atoms with Crippen molar-refractivity contribution < 1.29 is 22.7 Å². The van der Waals surface area contributed by atoms with E-state index in [1.54, 1.807) is 18.2 Å². The van der Waals surface area contributed by atoms with Crippen LogP contribution in [-0.2, 0) is 10.3 Å². The second-order valence-electron chi connectivity index (χ2n) is 7.11. The van der Waals surface area contributed by atoms with Gasteiger partial charge in [-0.3, -0.25) is 14.7 Å². The van der Waals surface area contributed by atoms with E-state index in [9.17, 15) is 18.0 Å². The van der Waals surface area contributed by atoms with Crippen molar-refractivity contribution in [3.63, 3.8) is 0 Å². The number of pyridine rings is 2. The number of halogens is 3. The molecule has 0 bridgehead atoms. The number of benzene rings is 1. The van der Waals surface area contributed by atoms with Crippen molar-refractivity contribution in [2.24, 2.45) is 10.7 Å². The van der Waals surface area contributed by atoms with Gasteiger partial charge in [0.1, 0.15) is 11.4 Å². The number of carbonyl (C=O) groups is 1. The molecule has 3 heterocycles. The number of rotatable bonds is 5. The zero-order chi connectivity index (χ0) is 23.0. The van der Waals surface area contributed by atoms with Gasteiger partial charge in [-0.25, -0.2) is 18.8 Å². The van der Waals surface area contributed by atoms with E-state index in [1.165, 1.54) is 44.8 Å². The highest BCUT2D eigenvalue weighted by Gasteiger charge is 2.50. The second-order valence-corrected chi connectivity index (χ2v) is 7.11. The largest absolute Gasteiger partial charge is 0.497 e. The van der Waals surface area contributed by atoms with Crippen LogP contribution in [0.15, 0.2) is 59.9 Å². The summed E-state index contributed by atoms with van der Waals surface area (Å²) in [6.07, 6.45) is -0.365. The highest BCUT2D eigenvalue weighted by molar-refractivity contribution is 6.09. The lowest BCUT2D eigenvalue weighted by atomic mass is 9.81. The zero-order valence-electron chi connectivity index (χ0n) is 17.1. The van der Waals surface area contributed by atoms with Crippen molar-refractivity contribution in [3.8, 4) is 16.9 Å². The molecule has 4 rings (SSSR count). The molecule has 1 unspecified atom stereocenters. The average Bonchev–Trinajstić information content (AvgIpc) is 3.04. The molecule has 1 atom stereocenters. The van der Waals surface area contributed by atoms with E-state index in [4.69, 9.17) is 10.5 Å². The Balaban J connectivity index is 2.02. The maximum absolute atomic E-state index is 14.4. The number of ether oxygens (including phenoxy) is 1. The van der Waals surface area contributed by atoms with Crippen LogP contribution < -0.4 is 10.5 Å². The first kappa shape index (κ1) is 21.3. The lowest BCUT2D eigenvalue weighted by Gasteiger charge is -2.27. The molecule has 164 valence electrons. The monoisotopic (exact) mass is 441 g/mol. The Kier molecular flexibility index (Phi) is 5.29. The van der Waals surface area contributed by atoms with Gasteiger partial charge in [-0.15, -0.1) is 0 Å². The van der Waals surface area contributed by atoms with Gasteiger partial charge in [0.05, 0.1) is 7.11 Å². The Morgan fingerprint density at radius 3 is 2.50 bits per heavy atom. The molecule has 2 N–H and O–H groups in total. The Morgan fingerprint density at radius 2 is 1.88 bits per heavy atom. The molecule has 32 heavy (non-hydrogen) atoms. The van der Waals surface area contributed by atoms with Gasteiger partial charge >= 0.3 is 0 Å². The van der Waals surface area contributed by atoms with Crippen molar-refractivity contribution >= 4 is 11.9 Å². The fourth-order valence-electron chi connectivity index (χ4n) is 3.66. The number of alkyl halides is 2. The third kappa shape index (κ3) is 3.33. The number of methoxy groups -OCH3 is 1. The van der Waals surface area contributed by atoms with Gasteiger partial charge in [0.2, 0.25) is 5.95 Å². The number of aromatic nitrogens is 2. The molecule has 0 spiro atoms. The summed E-state index contributed by atoms with van der Waals surface area (Å²) in [6, 6.07) is 10.3. The molecule has 2 aromatic heterocycles. The molecule has 0 radical (unpaired) electrons. The maximum atomic E-state index is 14.4. The van der Waals surface area contributed by atoms with Crippen LogP contribution in [0, 0.1) is 5.95 Å². The van der Waals surface area contributed by atoms with E-state index in [-0.39, 0.29) is 22.6 Å². The van der Waals surface area contributed by atoms with Gasteiger partial charge in [0, 0.05) is 25.0 Å². The summed E-state index contributed by atoms with van der Waals surface area (Å²) >= 11 is 0. The standard InChI is InChI=1S/C22H18F3N5O2/c1-30-20(31)22(29-21(30)26,13-5-7-27-17(11-13)18(23)24)14-8-12(9-15(10-14)32-2)16-4-3-6-28-19(16)25/h3-11,18H,1-2H3,(H2,26,29). The molecule has 0 aliphatic carbocycles. The first-order valence-electron chi connectivity index (χ1n) is 9.46. The van der Waals surface area contributed by atoms with Crippen molar-refractivity contribution in [2.45, 2.75) is 12.0 Å². The van der Waals surface area contributed by atoms with Gasteiger partial charge in [-0.2, -0.15) is 4.39 Å². The molecule has 7 nitrogen and oxygen atoms in total. The fraction of sp³-hybridized carbons (Fsp3) is 0.182. The van der Waals surface area contributed by atoms with Crippen molar-refractivity contribution in [3.05, 3.63) is 77.6 Å². The molecule has 0 saturated heterocycles. The van der Waals surface area contributed by atoms with Crippen molar-refractivity contribution in [1.29, 1.82) is 0 Å². The lowest BCUT2D eigenvalue weighted by molar-refractivity contribution is -0.129. The van der Waals surface area contributed by atoms with Crippen LogP contribution in [0.25, 0.3) is 11.1 Å². The van der Waals surface area contributed by atoms with Crippen LogP contribution in [-0.4, -0.2) is 40.9 Å². The molecule has 3 aromatic rings. The zero-order valence-corrected chi connectivity index (χ0v) is 17.1. The Morgan fingerprint density at radius 1 is 1.09 bits per heavy atom. The fourth-order valence-corrected chi connectivity index (χ4v) is 3.66. The van der Waals surface area contributed by atoms with Gasteiger partial charge in [0.25, 0.3) is 12.3 Å². The van der Waals surface area contributed by atoms with E-state index in [1.807, 2.05) is 0 Å². The quantitative estimate of drug-likeness (QED) is 0.614. The number of likely N-dealkylation sites (N-methyl/N-ethyl adjacent to an activating group) is 1. The minimum Gasteiger partial charge on any atom is -0.497 e. The summed E-state index contributed by atoms with van der Waals surface area (Å²) in [5, 5.41) is 0. The van der Waals surface area contributed by atoms with Gasteiger partial charge in [-0.1, -0.05) is 0 Å². The third-order valence-corrected chi connectivity index (χ3v) is 5.29. The van der Waals surface area contributed by atoms with Crippen LogP contribution in [0.4, 0.5) is 13.2 Å². The molecule has 1 aliphatic heterocycles. The normalized spacial score (nSPS) is 18.2. The first-order valence-corrected chi connectivity index (χ1v) is 9.46. The molecule has 10 heteroatoms. The maximum Gasteiger partial charge on any atom is 0.280 e. The minimum atomic E-state index is -2.85. The Bertz CT molecular complexity index is 1230. The summed E-state index contributed by atoms with van der Waals surface area (Å²) in [4.78, 5) is 26.3. The molecular weight excluding hydrogens is 423 g/mol. The first-order chi connectivity index (χ1) is 15.3. The SMILES string of the molecule is COc1cc(-c2cccnc2F)cc(C2(c3ccnc(C(F)F)c3)N=C(N)N(C)C2=O)c1. The van der Waals surface area contributed by atoms with E-state index in [2.05, 4.69) is 15.0 Å². The van der Waals surface area contributed by atoms with Gasteiger partial charge in [-0.05, 0) is 59.2 Å². The van der Waals surface area contributed by atoms with Crippen LogP contribution in [0.3, 0.4) is 0 Å². The predicted molar refractivity (Wildman–Crippen MR) is 111 cm³/mol. The van der Waals surface area contributed by atoms with E-state index in [0.717, 1.165) is 11.0 Å². The second kappa shape index (κ2) is 7.95. The molecule has 0 fully saturated rings. The lowest BCUT2D eigenvalue weighted by Crippen LogP contribution is -2.41. The van der Waals surface area contributed by atoms with Crippen molar-refractivity contribution in [1.82, 2.24) is 14.9 Å². The highest BCUT2D eigenvalue weighted by atomic mass is 19.3. The molecule has 0 saturated carbocycles. The van der Waals surface area contributed by atoms with Crippen LogP contribution in [0.1, 0.15) is 23.2 Å². The van der Waals surface area contributed by atoms with E-state index >= 15 is 0 Å². The average molecular weight is 441 g/mol. The predicted octanol–water partition coefficient (Wildman–Crippen LogP) is 3.26. The van der Waals surface area contributed by atoms with Crippen LogP contribution in [0.2, 0.25) is 0 Å². The molecular formula is C22H18F3N5O2. The third-order valence-electron chi connectivity index (χ3n) is 5.29. The number of hydrogen-bond acceptors (Lipinski definition) is 6. The summed E-state index contributed by atoms with van der Waals surface area (Å²) in [7, 11) is 2.84. The number of nitrogens with zero attached hydrogens (tertiary/aromatic N) is 4. The summed E-state index contributed by atoms with van der Waals surface area (Å²) in [5.41, 5.74) is 4.59. The number of amides is 1. The smallest absolute Gasteiger partial charge is 0.280 e. The highest BCUT2D eigenvalue weighted by Crippen LogP contribution is 2.42. The molecule has 1 aliphatic rings. The van der Waals surface area contributed by atoms with Crippen LogP contribution >= 0.6 is 0 Å². The Hall–Kier alpha value is -3.95. The number of hydrogen-bond donors (Lipinski definition) is 1. The van der Waals surface area contributed by atoms with E-state index in [0.29, 0.717) is 11.3 Å². The minimum absolute atomic E-state index is 0.0951. The van der Waals surface area contributed by atoms with E-state index < -0.39 is 29.5 Å². The van der Waals surface area contributed by atoms with Crippen LogP contribution in [0.5, 0.6) is 5.75 Å². The van der Waals surface area contributed by atoms with Gasteiger partial charge < -0.3 is 10.5 Å². The number of nitrogens with two attached hydrogens (primary N) is 1. The summed E-state index contributed by atoms with van der Waals surface area (Å²) < 4.78 is 46.5. The number of aliphatic imine (C=N–C) groups is 1. The summed E-state index contributed by atoms with van der Waals surface area (Å²) in [5.74, 6) is -1.07. The number of guanidine groups is 1. The van der Waals surface area contributed by atoms with Gasteiger partial charge in [0.15, 0.2) is 11.5 Å². The molecule has 1 aromatic carbocycles. The summed E-state index contributed by atoms with van der Waals surface area (Å²) in [6.45, 7) is 0. The Labute approximate surface area is 181 Å².